The second-order valence-electron chi connectivity index (χ2n) is 4.37. The van der Waals surface area contributed by atoms with Gasteiger partial charge in [0.15, 0.2) is 0 Å². The molecule has 0 aromatic carbocycles. The van der Waals surface area contributed by atoms with Crippen LogP contribution in [0.25, 0.3) is 0 Å². The van der Waals surface area contributed by atoms with Gasteiger partial charge in [-0.3, -0.25) is 0 Å². The Hall–Kier alpha value is -1.60. The van der Waals surface area contributed by atoms with E-state index in [9.17, 15) is 0 Å². The third-order valence-corrected chi connectivity index (χ3v) is 3.28. The van der Waals surface area contributed by atoms with E-state index in [0.29, 0.717) is 11.7 Å². The zero-order valence-corrected chi connectivity index (χ0v) is 9.84. The van der Waals surface area contributed by atoms with Gasteiger partial charge in [-0.1, -0.05) is 0 Å². The molecule has 1 aliphatic rings. The number of anilines is 1. The molecule has 4 heteroatoms. The van der Waals surface area contributed by atoms with Crippen LogP contribution in [0.15, 0.2) is 18.3 Å². The van der Waals surface area contributed by atoms with Gasteiger partial charge in [0.25, 0.3) is 0 Å². The fourth-order valence-corrected chi connectivity index (χ4v) is 2.41. The SMILES string of the molecule is N#Cc1ccc(N2CCCCC2CCO)cn1. The normalized spacial score (nSPS) is 20.0. The van der Waals surface area contributed by atoms with Crippen LogP contribution in [0.5, 0.6) is 0 Å². The maximum Gasteiger partial charge on any atom is 0.140 e. The van der Waals surface area contributed by atoms with Gasteiger partial charge in [0.1, 0.15) is 11.8 Å². The van der Waals surface area contributed by atoms with E-state index in [4.69, 9.17) is 10.4 Å². The van der Waals surface area contributed by atoms with Gasteiger partial charge in [0, 0.05) is 19.2 Å². The summed E-state index contributed by atoms with van der Waals surface area (Å²) in [6, 6.07) is 6.13. The first-order chi connectivity index (χ1) is 8.35. The van der Waals surface area contributed by atoms with Crippen LogP contribution in [0.4, 0.5) is 5.69 Å². The largest absolute Gasteiger partial charge is 0.396 e. The lowest BCUT2D eigenvalue weighted by atomic mass is 9.99. The summed E-state index contributed by atoms with van der Waals surface area (Å²) in [5.41, 5.74) is 1.51. The Bertz CT molecular complexity index is 394. The molecule has 0 saturated carbocycles. The molecule has 1 unspecified atom stereocenters. The molecule has 0 radical (unpaired) electrons. The molecule has 1 aliphatic heterocycles. The van der Waals surface area contributed by atoms with E-state index in [1.807, 2.05) is 12.1 Å². The Morgan fingerprint density at radius 1 is 1.47 bits per heavy atom. The van der Waals surface area contributed by atoms with E-state index in [0.717, 1.165) is 25.1 Å². The van der Waals surface area contributed by atoms with Gasteiger partial charge in [0.2, 0.25) is 0 Å². The van der Waals surface area contributed by atoms with E-state index in [1.165, 1.54) is 12.8 Å². The van der Waals surface area contributed by atoms with Crippen molar-refractivity contribution in [1.82, 2.24) is 4.98 Å². The quantitative estimate of drug-likeness (QED) is 0.860. The summed E-state index contributed by atoms with van der Waals surface area (Å²) in [6.07, 6.45) is 6.10. The summed E-state index contributed by atoms with van der Waals surface area (Å²) < 4.78 is 0. The Kier molecular flexibility index (Phi) is 3.94. The molecule has 4 nitrogen and oxygen atoms in total. The number of aliphatic hydroxyl groups is 1. The average molecular weight is 231 g/mol. The minimum Gasteiger partial charge on any atom is -0.396 e. The number of hydrogen-bond donors (Lipinski definition) is 1. The molecule has 1 aromatic rings. The third kappa shape index (κ3) is 2.75. The molecule has 1 saturated heterocycles. The summed E-state index contributed by atoms with van der Waals surface area (Å²) >= 11 is 0. The number of piperidine rings is 1. The van der Waals surface area contributed by atoms with Crippen LogP contribution in [-0.4, -0.2) is 29.3 Å². The lowest BCUT2D eigenvalue weighted by Crippen LogP contribution is -2.40. The second kappa shape index (κ2) is 5.65. The van der Waals surface area contributed by atoms with Crippen LogP contribution in [0.1, 0.15) is 31.4 Å². The molecule has 0 spiro atoms. The number of nitrogens with zero attached hydrogens (tertiary/aromatic N) is 3. The minimum atomic E-state index is 0.227. The van der Waals surface area contributed by atoms with Gasteiger partial charge in [-0.15, -0.1) is 0 Å². The summed E-state index contributed by atoms with van der Waals surface area (Å²) in [7, 11) is 0. The highest BCUT2D eigenvalue weighted by molar-refractivity contribution is 5.47. The lowest BCUT2D eigenvalue weighted by molar-refractivity contribution is 0.262. The molecule has 2 heterocycles. The van der Waals surface area contributed by atoms with Crippen molar-refractivity contribution in [1.29, 1.82) is 5.26 Å². The first-order valence-corrected chi connectivity index (χ1v) is 6.09. The van der Waals surface area contributed by atoms with E-state index < -0.39 is 0 Å². The number of pyridine rings is 1. The highest BCUT2D eigenvalue weighted by Gasteiger charge is 2.22. The molecule has 0 bridgehead atoms. The molecule has 1 N–H and O–H groups in total. The van der Waals surface area contributed by atoms with Crippen molar-refractivity contribution in [3.8, 4) is 6.07 Å². The molecule has 17 heavy (non-hydrogen) atoms. The first kappa shape index (κ1) is 11.9. The maximum atomic E-state index is 9.08. The van der Waals surface area contributed by atoms with Crippen LogP contribution in [0.3, 0.4) is 0 Å². The van der Waals surface area contributed by atoms with Crippen molar-refractivity contribution in [3.63, 3.8) is 0 Å². The fourth-order valence-electron chi connectivity index (χ4n) is 2.41. The summed E-state index contributed by atoms with van der Waals surface area (Å²) in [5.74, 6) is 0. The van der Waals surface area contributed by atoms with Gasteiger partial charge < -0.3 is 10.0 Å². The minimum absolute atomic E-state index is 0.227. The molecule has 1 aromatic heterocycles. The Morgan fingerprint density at radius 2 is 2.35 bits per heavy atom. The average Bonchev–Trinajstić information content (AvgIpc) is 2.40. The zero-order valence-electron chi connectivity index (χ0n) is 9.84. The van der Waals surface area contributed by atoms with Gasteiger partial charge in [-0.25, -0.2) is 4.98 Å². The maximum absolute atomic E-state index is 9.08. The summed E-state index contributed by atoms with van der Waals surface area (Å²) in [5, 5.41) is 17.8. The van der Waals surface area contributed by atoms with Gasteiger partial charge in [0.05, 0.1) is 11.9 Å². The topological polar surface area (TPSA) is 60.2 Å². The predicted octanol–water partition coefficient (Wildman–Crippen LogP) is 1.69. The Balaban J connectivity index is 2.14. The number of nitriles is 1. The van der Waals surface area contributed by atoms with E-state index in [2.05, 4.69) is 9.88 Å². The first-order valence-electron chi connectivity index (χ1n) is 6.09. The number of hydrogen-bond acceptors (Lipinski definition) is 4. The van der Waals surface area contributed by atoms with Crippen molar-refractivity contribution in [3.05, 3.63) is 24.0 Å². The fraction of sp³-hybridized carbons (Fsp3) is 0.538. The summed E-state index contributed by atoms with van der Waals surface area (Å²) in [6.45, 7) is 1.24. The molecule has 1 fully saturated rings. The standard InChI is InChI=1S/C13H17N3O/c14-9-11-4-5-13(10-15-11)16-7-2-1-3-12(16)6-8-17/h4-5,10,12,17H,1-3,6-8H2. The molecule has 1 atom stereocenters. The van der Waals surface area contributed by atoms with Gasteiger partial charge in [-0.2, -0.15) is 5.26 Å². The van der Waals surface area contributed by atoms with Gasteiger partial charge in [-0.05, 0) is 37.8 Å². The summed E-state index contributed by atoms with van der Waals surface area (Å²) in [4.78, 5) is 6.40. The van der Waals surface area contributed by atoms with Crippen molar-refractivity contribution < 1.29 is 5.11 Å². The smallest absolute Gasteiger partial charge is 0.140 e. The highest BCUT2D eigenvalue weighted by Crippen LogP contribution is 2.25. The van der Waals surface area contributed by atoms with Crippen LogP contribution in [0, 0.1) is 11.3 Å². The van der Waals surface area contributed by atoms with Crippen LogP contribution < -0.4 is 4.90 Å². The predicted molar refractivity (Wildman–Crippen MR) is 65.6 cm³/mol. The Labute approximate surface area is 102 Å². The van der Waals surface area contributed by atoms with Crippen molar-refractivity contribution >= 4 is 5.69 Å². The van der Waals surface area contributed by atoms with Crippen LogP contribution in [-0.2, 0) is 0 Å². The number of aliphatic hydroxyl groups excluding tert-OH is 1. The third-order valence-electron chi connectivity index (χ3n) is 3.28. The van der Waals surface area contributed by atoms with E-state index >= 15 is 0 Å². The Morgan fingerprint density at radius 3 is 3.00 bits per heavy atom. The molecule has 0 aliphatic carbocycles. The van der Waals surface area contributed by atoms with Crippen molar-refractivity contribution in [2.45, 2.75) is 31.7 Å². The van der Waals surface area contributed by atoms with E-state index in [1.54, 1.807) is 12.3 Å². The van der Waals surface area contributed by atoms with Crippen LogP contribution >= 0.6 is 0 Å². The molecule has 2 rings (SSSR count). The molecular formula is C13H17N3O. The van der Waals surface area contributed by atoms with Crippen LogP contribution in [0.2, 0.25) is 0 Å². The number of rotatable bonds is 3. The van der Waals surface area contributed by atoms with Crippen molar-refractivity contribution in [2.75, 3.05) is 18.1 Å². The van der Waals surface area contributed by atoms with Crippen molar-refractivity contribution in [2.24, 2.45) is 0 Å². The molecule has 90 valence electrons. The highest BCUT2D eigenvalue weighted by atomic mass is 16.3. The molecular weight excluding hydrogens is 214 g/mol. The zero-order chi connectivity index (χ0) is 12.1. The van der Waals surface area contributed by atoms with Gasteiger partial charge >= 0.3 is 0 Å². The number of aromatic nitrogens is 1. The molecule has 0 amide bonds. The second-order valence-corrected chi connectivity index (χ2v) is 4.37. The lowest BCUT2D eigenvalue weighted by Gasteiger charge is -2.37. The van der Waals surface area contributed by atoms with E-state index in [-0.39, 0.29) is 6.61 Å². The monoisotopic (exact) mass is 231 g/mol.